The molecule has 5 aromatic rings. The molecule has 9 nitrogen and oxygen atoms in total. The number of hydrogen-bond donors (Lipinski definition) is 4. The summed E-state index contributed by atoms with van der Waals surface area (Å²) in [7, 11) is 0. The maximum atomic E-state index is 15.5. The van der Waals surface area contributed by atoms with Crippen molar-refractivity contribution in [3.63, 3.8) is 0 Å². The summed E-state index contributed by atoms with van der Waals surface area (Å²) in [4.78, 5) is 35.0. The van der Waals surface area contributed by atoms with Crippen LogP contribution in [0.5, 0.6) is 11.5 Å². The van der Waals surface area contributed by atoms with Crippen LogP contribution in [0.1, 0.15) is 49.1 Å². The lowest BCUT2D eigenvalue weighted by Crippen LogP contribution is -2.34. The van der Waals surface area contributed by atoms with Gasteiger partial charge in [-0.3, -0.25) is 9.59 Å². The van der Waals surface area contributed by atoms with Gasteiger partial charge in [0.25, 0.3) is 0 Å². The van der Waals surface area contributed by atoms with E-state index in [4.69, 9.17) is 9.47 Å². The van der Waals surface area contributed by atoms with E-state index in [2.05, 4.69) is 20.3 Å². The van der Waals surface area contributed by atoms with Crippen molar-refractivity contribution in [3.8, 4) is 22.9 Å². The predicted octanol–water partition coefficient (Wildman–Crippen LogP) is 6.67. The third-order valence-corrected chi connectivity index (χ3v) is 8.68. The number of hydrogen-bond acceptors (Lipinski definition) is 5. The number of ether oxygens (including phenoxy) is 2. The van der Waals surface area contributed by atoms with Gasteiger partial charge in [0.05, 0.1) is 24.2 Å². The molecule has 0 fully saturated rings. The van der Waals surface area contributed by atoms with E-state index in [9.17, 15) is 14.7 Å². The molecule has 3 heterocycles. The third kappa shape index (κ3) is 6.90. The quantitative estimate of drug-likeness (QED) is 0.173. The van der Waals surface area contributed by atoms with Crippen molar-refractivity contribution in [1.82, 2.24) is 20.3 Å². The molecule has 0 radical (unpaired) electrons. The van der Waals surface area contributed by atoms with Crippen LogP contribution in [0.25, 0.3) is 22.3 Å². The van der Waals surface area contributed by atoms with E-state index in [-0.39, 0.29) is 60.6 Å². The van der Waals surface area contributed by atoms with E-state index in [1.165, 1.54) is 24.3 Å². The highest BCUT2D eigenvalue weighted by Gasteiger charge is 2.33. The Hall–Kier alpha value is -5.03. The highest BCUT2D eigenvalue weighted by atomic mass is 19.1. The first-order chi connectivity index (χ1) is 22.6. The number of benzene rings is 3. The second-order valence-corrected chi connectivity index (χ2v) is 12.3. The number of carbonyl (C=O) groups excluding carboxylic acids is 1. The second-order valence-electron chi connectivity index (χ2n) is 12.3. The van der Waals surface area contributed by atoms with Crippen molar-refractivity contribution >= 4 is 22.8 Å². The van der Waals surface area contributed by atoms with Gasteiger partial charge in [0.2, 0.25) is 5.91 Å². The maximum Gasteiger partial charge on any atom is 0.303 e. The Morgan fingerprint density at radius 3 is 2.79 bits per heavy atom. The fraction of sp³-hybridized carbons (Fsp3) is 0.306. The van der Waals surface area contributed by atoms with Gasteiger partial charge in [0, 0.05) is 60.0 Å². The Bertz CT molecular complexity index is 1940. The minimum atomic E-state index is -0.881. The van der Waals surface area contributed by atoms with E-state index >= 15 is 8.78 Å². The van der Waals surface area contributed by atoms with Gasteiger partial charge in [-0.05, 0) is 61.1 Å². The first kappa shape index (κ1) is 31.9. The molecule has 4 N–H and O–H groups in total. The molecular formula is C36H36F2N4O5. The number of imidazole rings is 1. The zero-order chi connectivity index (χ0) is 33.1. The zero-order valence-corrected chi connectivity index (χ0v) is 26.2. The van der Waals surface area contributed by atoms with E-state index < -0.39 is 23.0 Å². The van der Waals surface area contributed by atoms with Crippen molar-refractivity contribution in [1.29, 1.82) is 0 Å². The van der Waals surface area contributed by atoms with Crippen LogP contribution in [0.4, 0.5) is 8.78 Å². The summed E-state index contributed by atoms with van der Waals surface area (Å²) < 4.78 is 43.2. The largest absolute Gasteiger partial charge is 0.481 e. The van der Waals surface area contributed by atoms with Crippen LogP contribution in [0.2, 0.25) is 0 Å². The van der Waals surface area contributed by atoms with Crippen LogP contribution < -0.4 is 10.1 Å². The minimum Gasteiger partial charge on any atom is -0.481 e. The van der Waals surface area contributed by atoms with Crippen molar-refractivity contribution in [2.24, 2.45) is 5.92 Å². The van der Waals surface area contributed by atoms with Crippen molar-refractivity contribution in [2.75, 3.05) is 19.8 Å². The number of aliphatic carboxylic acids is 1. The molecule has 6 rings (SSSR count). The number of halogens is 2. The third-order valence-electron chi connectivity index (χ3n) is 8.68. The molecule has 3 aromatic carbocycles. The molecule has 0 aliphatic carbocycles. The Morgan fingerprint density at radius 2 is 1.96 bits per heavy atom. The molecule has 1 aliphatic rings. The van der Waals surface area contributed by atoms with Crippen LogP contribution in [-0.2, 0) is 32.6 Å². The summed E-state index contributed by atoms with van der Waals surface area (Å²) in [5.41, 5.74) is 2.82. The number of carboxylic acids is 1. The number of fused-ring (bicyclic) bond motifs is 8. The monoisotopic (exact) mass is 642 g/mol. The highest BCUT2D eigenvalue weighted by Crippen LogP contribution is 2.38. The fourth-order valence-electron chi connectivity index (χ4n) is 5.96. The zero-order valence-electron chi connectivity index (χ0n) is 26.2. The van der Waals surface area contributed by atoms with E-state index in [1.807, 2.05) is 44.2 Å². The summed E-state index contributed by atoms with van der Waals surface area (Å²) in [6, 6.07) is 14.9. The van der Waals surface area contributed by atoms with Crippen molar-refractivity contribution in [2.45, 2.75) is 44.9 Å². The molecule has 244 valence electrons. The first-order valence-corrected chi connectivity index (χ1v) is 15.6. The van der Waals surface area contributed by atoms with Gasteiger partial charge in [-0.1, -0.05) is 31.2 Å². The van der Waals surface area contributed by atoms with Crippen LogP contribution >= 0.6 is 0 Å². The number of nitrogens with zero attached hydrogens (tertiary/aromatic N) is 1. The molecule has 0 saturated heterocycles. The number of amides is 1. The summed E-state index contributed by atoms with van der Waals surface area (Å²) in [6.45, 7) is 4.90. The molecule has 1 amide bonds. The van der Waals surface area contributed by atoms with E-state index in [0.29, 0.717) is 36.3 Å². The number of carboxylic acid groups (broad SMARTS) is 1. The van der Waals surface area contributed by atoms with Gasteiger partial charge in [-0.2, -0.15) is 0 Å². The van der Waals surface area contributed by atoms with Gasteiger partial charge in [0.1, 0.15) is 17.4 Å². The highest BCUT2D eigenvalue weighted by molar-refractivity contribution is 5.86. The Kier molecular flexibility index (Phi) is 9.08. The van der Waals surface area contributed by atoms with Crippen LogP contribution in [0, 0.1) is 17.6 Å². The number of aromatic amines is 2. The van der Waals surface area contributed by atoms with Crippen molar-refractivity contribution < 1.29 is 33.0 Å². The number of aromatic nitrogens is 3. The molecule has 2 unspecified atom stereocenters. The molecule has 2 aromatic heterocycles. The molecule has 0 saturated carbocycles. The lowest BCUT2D eigenvalue weighted by atomic mass is 9.79. The number of aryl methyl sites for hydroxylation is 2. The normalized spacial score (nSPS) is 19.1. The molecule has 4 bridgehead atoms. The van der Waals surface area contributed by atoms with Gasteiger partial charge in [-0.15, -0.1) is 0 Å². The topological polar surface area (TPSA) is 129 Å². The van der Waals surface area contributed by atoms with Crippen LogP contribution in [-0.4, -0.2) is 51.7 Å². The SMILES string of the molecule is CC1CNC(=O)CCc2c(c(F)cc3[nH]ccc23)Oc2ccc(F)c(c2)-c2ncc([nH]2)C(C)(c2cccc(CCC(=O)O)c2)COC1. The summed E-state index contributed by atoms with van der Waals surface area (Å²) in [6.07, 6.45) is 4.02. The minimum absolute atomic E-state index is 0.00373. The average molecular weight is 643 g/mol. The lowest BCUT2D eigenvalue weighted by molar-refractivity contribution is -0.137. The standard InChI is InChI=1S/C36H36F2N4O5/c1-21-17-40-32(43)10-8-26-25-12-13-39-30(25)16-29(38)34(26)47-24-7-9-28(37)27(15-24)35-41-18-31(42-35)36(2,20-46-19-21)23-5-3-4-22(14-23)6-11-33(44)45/h3-5,7,9,12-16,18,21,39H,6,8,10-11,17,19-20H2,1-2H3,(H,40,43)(H,41,42)(H,44,45). The van der Waals surface area contributed by atoms with Crippen LogP contribution in [0.3, 0.4) is 0 Å². The number of H-pyrrole nitrogens is 2. The lowest BCUT2D eigenvalue weighted by Gasteiger charge is -2.30. The molecule has 11 heteroatoms. The maximum absolute atomic E-state index is 15.5. The van der Waals surface area contributed by atoms with Gasteiger partial charge >= 0.3 is 5.97 Å². The second kappa shape index (κ2) is 13.4. The van der Waals surface area contributed by atoms with Gasteiger partial charge < -0.3 is 29.9 Å². The Labute approximate surface area is 270 Å². The van der Waals surface area contributed by atoms with Gasteiger partial charge in [-0.25, -0.2) is 13.8 Å². The number of rotatable bonds is 4. The first-order valence-electron chi connectivity index (χ1n) is 15.6. The summed E-state index contributed by atoms with van der Waals surface area (Å²) >= 11 is 0. The van der Waals surface area contributed by atoms with E-state index in [0.717, 1.165) is 16.5 Å². The van der Waals surface area contributed by atoms with Gasteiger partial charge in [0.15, 0.2) is 11.6 Å². The smallest absolute Gasteiger partial charge is 0.303 e. The number of nitrogens with one attached hydrogen (secondary N) is 3. The summed E-state index contributed by atoms with van der Waals surface area (Å²) in [5.74, 6) is -1.84. The molecule has 47 heavy (non-hydrogen) atoms. The Morgan fingerprint density at radius 1 is 1.11 bits per heavy atom. The van der Waals surface area contributed by atoms with Crippen LogP contribution in [0.15, 0.2) is 67.0 Å². The van der Waals surface area contributed by atoms with E-state index in [1.54, 1.807) is 12.4 Å². The average Bonchev–Trinajstić information content (AvgIpc) is 3.74. The number of carbonyl (C=O) groups is 2. The Balaban J connectivity index is 1.42. The fourth-order valence-corrected chi connectivity index (χ4v) is 5.96. The molecule has 0 spiro atoms. The molecule has 1 aliphatic heterocycles. The van der Waals surface area contributed by atoms with Crippen molar-refractivity contribution in [3.05, 3.63) is 101 Å². The predicted molar refractivity (Wildman–Crippen MR) is 172 cm³/mol. The summed E-state index contributed by atoms with van der Waals surface area (Å²) in [5, 5.41) is 12.9. The molecule has 2 atom stereocenters. The molecular weight excluding hydrogens is 606 g/mol.